The molecule has 1 aliphatic heterocycles. The van der Waals surface area contributed by atoms with Gasteiger partial charge >= 0.3 is 0 Å². The Labute approximate surface area is 91.5 Å². The number of fused-ring (bicyclic) bond motifs is 1. The van der Waals surface area contributed by atoms with Crippen molar-refractivity contribution in [3.63, 3.8) is 0 Å². The van der Waals surface area contributed by atoms with E-state index in [-0.39, 0.29) is 4.87 Å². The summed E-state index contributed by atoms with van der Waals surface area (Å²) in [6.45, 7) is 8.50. The van der Waals surface area contributed by atoms with Gasteiger partial charge in [0.2, 0.25) is 0 Å². The summed E-state index contributed by atoms with van der Waals surface area (Å²) < 4.78 is 0. The lowest BCUT2D eigenvalue weighted by atomic mass is 10.2. The van der Waals surface area contributed by atoms with Gasteiger partial charge < -0.3 is 4.90 Å². The molecule has 0 saturated heterocycles. The van der Waals surface area contributed by atoms with Crippen LogP contribution in [0.3, 0.4) is 0 Å². The van der Waals surface area contributed by atoms with Crippen molar-refractivity contribution in [1.82, 2.24) is 0 Å². The Kier molecular flexibility index (Phi) is 3.48. The van der Waals surface area contributed by atoms with Gasteiger partial charge in [0.05, 0.1) is 10.6 Å². The lowest BCUT2D eigenvalue weighted by Crippen LogP contribution is -2.33. The van der Waals surface area contributed by atoms with Gasteiger partial charge in [-0.05, 0) is 26.0 Å². The molecule has 0 radical (unpaired) electrons. The average Bonchev–Trinajstić information content (AvgIpc) is 2.42. The van der Waals surface area contributed by atoms with Crippen molar-refractivity contribution in [2.75, 3.05) is 11.9 Å². The highest BCUT2D eigenvalue weighted by atomic mass is 32.2. The number of hydrogen-bond donors (Lipinski definition) is 0. The Morgan fingerprint density at radius 3 is 2.29 bits per heavy atom. The second kappa shape index (κ2) is 4.26. The van der Waals surface area contributed by atoms with Crippen LogP contribution in [0.4, 0.5) is 5.69 Å². The van der Waals surface area contributed by atoms with Crippen LogP contribution in [0.5, 0.6) is 0 Å². The summed E-state index contributed by atoms with van der Waals surface area (Å²) >= 11 is 1.93. The molecule has 1 heterocycles. The zero-order chi connectivity index (χ0) is 10.8. The third-order valence-corrected chi connectivity index (χ3v) is 3.73. The van der Waals surface area contributed by atoms with Crippen molar-refractivity contribution in [2.24, 2.45) is 0 Å². The maximum atomic E-state index is 2.33. The van der Waals surface area contributed by atoms with E-state index in [1.807, 2.05) is 25.6 Å². The van der Waals surface area contributed by atoms with E-state index >= 15 is 0 Å². The molecule has 0 N–H and O–H groups in total. The van der Waals surface area contributed by atoms with Crippen molar-refractivity contribution >= 4 is 17.4 Å². The van der Waals surface area contributed by atoms with Crippen molar-refractivity contribution in [3.05, 3.63) is 24.3 Å². The minimum Gasteiger partial charge on any atom is -0.359 e. The van der Waals surface area contributed by atoms with Crippen LogP contribution < -0.4 is 4.90 Å². The monoisotopic (exact) mass is 209 g/mol. The first-order chi connectivity index (χ1) is 6.61. The van der Waals surface area contributed by atoms with Gasteiger partial charge in [0, 0.05) is 11.9 Å². The van der Waals surface area contributed by atoms with Crippen LogP contribution in [-0.4, -0.2) is 11.9 Å². The van der Waals surface area contributed by atoms with Gasteiger partial charge in [0.25, 0.3) is 0 Å². The Morgan fingerprint density at radius 1 is 1.14 bits per heavy atom. The van der Waals surface area contributed by atoms with Crippen molar-refractivity contribution < 1.29 is 0 Å². The van der Waals surface area contributed by atoms with Gasteiger partial charge in [-0.1, -0.05) is 37.7 Å². The summed E-state index contributed by atoms with van der Waals surface area (Å²) in [5, 5.41) is 0. The molecule has 0 fully saturated rings. The molecule has 0 spiro atoms. The molecule has 0 aromatic heterocycles. The highest BCUT2D eigenvalue weighted by Gasteiger charge is 2.33. The first-order valence-electron chi connectivity index (χ1n) is 5.13. The minimum absolute atomic E-state index is 0.212. The molecule has 1 aromatic carbocycles. The topological polar surface area (TPSA) is 3.24 Å². The molecule has 0 amide bonds. The van der Waals surface area contributed by atoms with Crippen molar-refractivity contribution in [2.45, 2.75) is 37.5 Å². The lowest BCUT2D eigenvalue weighted by molar-refractivity contribution is 0.705. The summed E-state index contributed by atoms with van der Waals surface area (Å²) in [7, 11) is 2.15. The van der Waals surface area contributed by atoms with E-state index in [2.05, 4.69) is 50.1 Å². The smallest absolute Gasteiger partial charge is 0.0848 e. The second-order valence-corrected chi connectivity index (χ2v) is 5.22. The third kappa shape index (κ3) is 1.90. The largest absolute Gasteiger partial charge is 0.359 e. The molecule has 1 aromatic rings. The van der Waals surface area contributed by atoms with Crippen LogP contribution in [0, 0.1) is 0 Å². The molecule has 0 aliphatic carbocycles. The predicted octanol–water partition coefficient (Wildman–Crippen LogP) is 3.99. The molecule has 1 nitrogen and oxygen atoms in total. The fourth-order valence-corrected chi connectivity index (χ4v) is 2.68. The maximum Gasteiger partial charge on any atom is 0.0848 e. The van der Waals surface area contributed by atoms with E-state index in [9.17, 15) is 0 Å². The summed E-state index contributed by atoms with van der Waals surface area (Å²) in [4.78, 5) is 3.93. The van der Waals surface area contributed by atoms with Gasteiger partial charge in [0.15, 0.2) is 0 Å². The number of thioether (sulfide) groups is 1. The highest BCUT2D eigenvalue weighted by molar-refractivity contribution is 8.01. The van der Waals surface area contributed by atoms with Gasteiger partial charge in [-0.2, -0.15) is 0 Å². The van der Waals surface area contributed by atoms with E-state index in [4.69, 9.17) is 0 Å². The van der Waals surface area contributed by atoms with Gasteiger partial charge in [-0.3, -0.25) is 0 Å². The zero-order valence-electron chi connectivity index (χ0n) is 9.66. The van der Waals surface area contributed by atoms with Crippen LogP contribution in [-0.2, 0) is 0 Å². The number of hydrogen-bond acceptors (Lipinski definition) is 2. The first kappa shape index (κ1) is 11.4. The Hall–Kier alpha value is -0.630. The Morgan fingerprint density at radius 2 is 1.71 bits per heavy atom. The van der Waals surface area contributed by atoms with E-state index in [1.54, 1.807) is 0 Å². The van der Waals surface area contributed by atoms with Crippen LogP contribution in [0.15, 0.2) is 29.2 Å². The number of anilines is 1. The molecule has 0 bridgehead atoms. The fraction of sp³-hybridized carbons (Fsp3) is 0.500. The van der Waals surface area contributed by atoms with Gasteiger partial charge in [0.1, 0.15) is 0 Å². The molecule has 0 atom stereocenters. The normalized spacial score (nSPS) is 17.1. The molecular weight excluding hydrogens is 190 g/mol. The molecule has 2 heteroatoms. The fourth-order valence-electron chi connectivity index (χ4n) is 1.45. The highest BCUT2D eigenvalue weighted by Crippen LogP contribution is 2.48. The van der Waals surface area contributed by atoms with Crippen LogP contribution in [0.25, 0.3) is 0 Å². The molecular formula is C12H19NS. The van der Waals surface area contributed by atoms with E-state index in [1.165, 1.54) is 10.6 Å². The van der Waals surface area contributed by atoms with Gasteiger partial charge in [-0.25, -0.2) is 0 Å². The standard InChI is InChI=1S/C10H13NS.C2H6/c1-10(2)11(3)8-6-4-5-7-9(8)12-10;1-2/h4-7H,1-3H3;1-2H3. The first-order valence-corrected chi connectivity index (χ1v) is 5.95. The van der Waals surface area contributed by atoms with E-state index in [0.29, 0.717) is 0 Å². The molecule has 0 unspecified atom stereocenters. The summed E-state index contributed by atoms with van der Waals surface area (Å²) in [5.74, 6) is 0. The SMILES string of the molecule is CC.CN1c2ccccc2SC1(C)C. The van der Waals surface area contributed by atoms with Crippen LogP contribution in [0.2, 0.25) is 0 Å². The van der Waals surface area contributed by atoms with Crippen LogP contribution in [0.1, 0.15) is 27.7 Å². The van der Waals surface area contributed by atoms with Gasteiger partial charge in [-0.15, -0.1) is 0 Å². The number of rotatable bonds is 0. The maximum absolute atomic E-state index is 2.33. The Bertz CT molecular complexity index is 307. The number of para-hydroxylation sites is 1. The minimum atomic E-state index is 0.212. The second-order valence-electron chi connectivity index (χ2n) is 3.58. The third-order valence-electron chi connectivity index (χ3n) is 2.39. The molecule has 2 rings (SSSR count). The average molecular weight is 209 g/mol. The quantitative estimate of drug-likeness (QED) is 0.635. The summed E-state index contributed by atoms with van der Waals surface area (Å²) in [5.41, 5.74) is 1.35. The van der Waals surface area contributed by atoms with E-state index in [0.717, 1.165) is 0 Å². The van der Waals surface area contributed by atoms with Crippen LogP contribution >= 0.6 is 11.8 Å². The van der Waals surface area contributed by atoms with Crippen molar-refractivity contribution in [3.8, 4) is 0 Å². The lowest BCUT2D eigenvalue weighted by Gasteiger charge is -2.28. The summed E-state index contributed by atoms with van der Waals surface area (Å²) in [6.07, 6.45) is 0. The predicted molar refractivity (Wildman–Crippen MR) is 66.1 cm³/mol. The zero-order valence-corrected chi connectivity index (χ0v) is 10.5. The molecule has 0 saturated carbocycles. The molecule has 14 heavy (non-hydrogen) atoms. The molecule has 78 valence electrons. The number of nitrogens with zero attached hydrogens (tertiary/aromatic N) is 1. The number of benzene rings is 1. The molecule has 1 aliphatic rings. The summed E-state index contributed by atoms with van der Waals surface area (Å²) in [6, 6.07) is 8.56. The Balaban J connectivity index is 0.000000461. The van der Waals surface area contributed by atoms with E-state index < -0.39 is 0 Å². The van der Waals surface area contributed by atoms with Crippen molar-refractivity contribution in [1.29, 1.82) is 0 Å².